The summed E-state index contributed by atoms with van der Waals surface area (Å²) in [5.41, 5.74) is 0.938. The monoisotopic (exact) mass is 461 g/mol. The number of likely N-dealkylation sites (N-methyl/N-ethyl adjacent to an activating group) is 1. The number of ether oxygens (including phenoxy) is 1. The number of benzene rings is 2. The molecule has 0 atom stereocenters. The molecule has 1 heterocycles. The number of halogens is 4. The first-order chi connectivity index (χ1) is 15.7. The molecule has 0 spiro atoms. The summed E-state index contributed by atoms with van der Waals surface area (Å²) < 4.78 is 60.4. The predicted octanol–water partition coefficient (Wildman–Crippen LogP) is 5.18. The Bertz CT molecular complexity index is 1150. The van der Waals surface area contributed by atoms with Crippen LogP contribution in [0.5, 0.6) is 5.75 Å². The minimum absolute atomic E-state index is 0.250. The van der Waals surface area contributed by atoms with Crippen LogP contribution in [0.2, 0.25) is 0 Å². The van der Waals surface area contributed by atoms with Gasteiger partial charge in [-0.15, -0.1) is 0 Å². The van der Waals surface area contributed by atoms with E-state index in [1.165, 1.54) is 13.2 Å². The second kappa shape index (κ2) is 9.97. The lowest BCUT2D eigenvalue weighted by atomic mass is 10.0. The number of carbonyl (C=O) groups is 1. The van der Waals surface area contributed by atoms with Crippen LogP contribution in [0.15, 0.2) is 30.5 Å². The van der Waals surface area contributed by atoms with Crippen LogP contribution in [0, 0.1) is 30.2 Å². The predicted molar refractivity (Wildman–Crippen MR) is 116 cm³/mol. The van der Waals surface area contributed by atoms with Gasteiger partial charge in [0, 0.05) is 18.2 Å². The maximum Gasteiger partial charge on any atom is 0.232 e. The van der Waals surface area contributed by atoms with Crippen LogP contribution < -0.4 is 9.64 Å². The van der Waals surface area contributed by atoms with Crippen molar-refractivity contribution in [2.45, 2.75) is 33.1 Å². The van der Waals surface area contributed by atoms with Gasteiger partial charge in [0.15, 0.2) is 29.1 Å². The lowest BCUT2D eigenvalue weighted by Gasteiger charge is -2.20. The van der Waals surface area contributed by atoms with E-state index in [0.29, 0.717) is 23.6 Å². The molecular formula is C24H23F4N3O2. The molecule has 0 aliphatic heterocycles. The minimum Gasteiger partial charge on any atom is -0.497 e. The molecule has 174 valence electrons. The SMILES string of the molecule is CCCc1nc(-c2ccc(OC)cc2)cnc1N(C)C(=O)Cc1c(C)c(F)c(F)c(F)c1F. The number of aromatic nitrogens is 2. The van der Waals surface area contributed by atoms with Crippen molar-refractivity contribution in [1.29, 1.82) is 0 Å². The van der Waals surface area contributed by atoms with E-state index in [1.54, 1.807) is 19.2 Å². The molecule has 0 aliphatic carbocycles. The van der Waals surface area contributed by atoms with Crippen molar-refractivity contribution in [3.63, 3.8) is 0 Å². The highest BCUT2D eigenvalue weighted by Gasteiger charge is 2.26. The van der Waals surface area contributed by atoms with Crippen molar-refractivity contribution in [2.24, 2.45) is 0 Å². The summed E-state index contributed by atoms with van der Waals surface area (Å²) in [7, 11) is 2.99. The van der Waals surface area contributed by atoms with E-state index in [9.17, 15) is 22.4 Å². The van der Waals surface area contributed by atoms with Crippen molar-refractivity contribution in [2.75, 3.05) is 19.1 Å². The summed E-state index contributed by atoms with van der Waals surface area (Å²) in [6, 6.07) is 7.24. The molecule has 0 unspecified atom stereocenters. The van der Waals surface area contributed by atoms with Gasteiger partial charge >= 0.3 is 0 Å². The van der Waals surface area contributed by atoms with Gasteiger partial charge in [-0.1, -0.05) is 13.3 Å². The number of carbonyl (C=O) groups excluding carboxylic acids is 1. The highest BCUT2D eigenvalue weighted by Crippen LogP contribution is 2.27. The summed E-state index contributed by atoms with van der Waals surface area (Å²) in [6.45, 7) is 3.03. The molecule has 3 aromatic rings. The van der Waals surface area contributed by atoms with E-state index in [2.05, 4.69) is 9.97 Å². The van der Waals surface area contributed by atoms with Gasteiger partial charge < -0.3 is 4.74 Å². The number of hydrogen-bond donors (Lipinski definition) is 0. The zero-order valence-corrected chi connectivity index (χ0v) is 18.7. The maximum atomic E-state index is 14.2. The Hall–Kier alpha value is -3.49. The Morgan fingerprint density at radius 1 is 1.03 bits per heavy atom. The fourth-order valence-electron chi connectivity index (χ4n) is 3.39. The molecule has 9 heteroatoms. The summed E-state index contributed by atoms with van der Waals surface area (Å²) >= 11 is 0. The van der Waals surface area contributed by atoms with Crippen LogP contribution in [0.1, 0.15) is 30.2 Å². The number of anilines is 1. The summed E-state index contributed by atoms with van der Waals surface area (Å²) in [5.74, 6) is -6.68. The number of hydrogen-bond acceptors (Lipinski definition) is 4. The van der Waals surface area contributed by atoms with Crippen molar-refractivity contribution < 1.29 is 27.1 Å². The van der Waals surface area contributed by atoms with E-state index >= 15 is 0 Å². The van der Waals surface area contributed by atoms with Crippen LogP contribution in [-0.4, -0.2) is 30.0 Å². The van der Waals surface area contributed by atoms with Gasteiger partial charge in [0.25, 0.3) is 0 Å². The standard InChI is InChI=1S/C24H23F4N3O2/c1-5-6-17-24(29-12-18(30-17)14-7-9-15(33-4)10-8-14)31(3)19(32)11-16-13(2)20(25)22(27)23(28)21(16)26/h7-10,12H,5-6,11H2,1-4H3. The third-order valence-electron chi connectivity index (χ3n) is 5.34. The second-order valence-corrected chi connectivity index (χ2v) is 7.49. The van der Waals surface area contributed by atoms with Crippen LogP contribution in [0.4, 0.5) is 23.4 Å². The molecule has 0 saturated carbocycles. The lowest BCUT2D eigenvalue weighted by Crippen LogP contribution is -2.31. The largest absolute Gasteiger partial charge is 0.497 e. The minimum atomic E-state index is -1.95. The molecule has 0 N–H and O–H groups in total. The average molecular weight is 461 g/mol. The number of amides is 1. The van der Waals surface area contributed by atoms with Crippen molar-refractivity contribution >= 4 is 11.7 Å². The molecule has 0 fully saturated rings. The molecule has 5 nitrogen and oxygen atoms in total. The Morgan fingerprint density at radius 2 is 1.67 bits per heavy atom. The number of aryl methyl sites for hydroxylation is 1. The Labute approximate surface area is 189 Å². The molecule has 2 aromatic carbocycles. The van der Waals surface area contributed by atoms with Crippen LogP contribution in [0.3, 0.4) is 0 Å². The van der Waals surface area contributed by atoms with Crippen LogP contribution in [0.25, 0.3) is 11.3 Å². The third-order valence-corrected chi connectivity index (χ3v) is 5.34. The molecule has 3 rings (SSSR count). The second-order valence-electron chi connectivity index (χ2n) is 7.49. The zero-order chi connectivity index (χ0) is 24.3. The number of methoxy groups -OCH3 is 1. The van der Waals surface area contributed by atoms with Gasteiger partial charge in [-0.2, -0.15) is 0 Å². The normalized spacial score (nSPS) is 10.9. The van der Waals surface area contributed by atoms with E-state index in [0.717, 1.165) is 23.8 Å². The first-order valence-electron chi connectivity index (χ1n) is 10.3. The van der Waals surface area contributed by atoms with Crippen molar-refractivity contribution in [3.8, 4) is 17.0 Å². The fraction of sp³-hybridized carbons (Fsp3) is 0.292. The van der Waals surface area contributed by atoms with Crippen LogP contribution >= 0.6 is 0 Å². The molecular weight excluding hydrogens is 438 g/mol. The molecule has 0 bridgehead atoms. The van der Waals surface area contributed by atoms with Crippen molar-refractivity contribution in [1.82, 2.24) is 9.97 Å². The molecule has 1 aromatic heterocycles. The topological polar surface area (TPSA) is 55.3 Å². The molecule has 0 saturated heterocycles. The smallest absolute Gasteiger partial charge is 0.232 e. The Morgan fingerprint density at radius 3 is 2.27 bits per heavy atom. The molecule has 33 heavy (non-hydrogen) atoms. The first kappa shape index (κ1) is 24.2. The van der Waals surface area contributed by atoms with E-state index in [-0.39, 0.29) is 5.82 Å². The Balaban J connectivity index is 1.93. The van der Waals surface area contributed by atoms with Gasteiger partial charge in [0.05, 0.1) is 31.1 Å². The third kappa shape index (κ3) is 4.81. The highest BCUT2D eigenvalue weighted by molar-refractivity contribution is 5.94. The summed E-state index contributed by atoms with van der Waals surface area (Å²) in [5, 5.41) is 0. The fourth-order valence-corrected chi connectivity index (χ4v) is 3.39. The maximum absolute atomic E-state index is 14.2. The van der Waals surface area contributed by atoms with Gasteiger partial charge in [-0.05, 0) is 43.2 Å². The van der Waals surface area contributed by atoms with E-state index < -0.39 is 46.7 Å². The first-order valence-corrected chi connectivity index (χ1v) is 10.3. The van der Waals surface area contributed by atoms with E-state index in [1.807, 2.05) is 19.1 Å². The highest BCUT2D eigenvalue weighted by atomic mass is 19.2. The van der Waals surface area contributed by atoms with Gasteiger partial charge in [-0.3, -0.25) is 9.69 Å². The lowest BCUT2D eigenvalue weighted by molar-refractivity contribution is -0.117. The average Bonchev–Trinajstić information content (AvgIpc) is 2.83. The summed E-state index contributed by atoms with van der Waals surface area (Å²) in [6.07, 6.45) is 2.06. The molecule has 0 radical (unpaired) electrons. The Kier molecular flexibility index (Phi) is 7.30. The quantitative estimate of drug-likeness (QED) is 0.277. The van der Waals surface area contributed by atoms with Gasteiger partial charge in [0.2, 0.25) is 5.91 Å². The van der Waals surface area contributed by atoms with Crippen LogP contribution in [-0.2, 0) is 17.6 Å². The van der Waals surface area contributed by atoms with Crippen molar-refractivity contribution in [3.05, 3.63) is 70.6 Å². The number of nitrogens with zero attached hydrogens (tertiary/aromatic N) is 3. The van der Waals surface area contributed by atoms with Gasteiger partial charge in [-0.25, -0.2) is 27.5 Å². The van der Waals surface area contributed by atoms with E-state index in [4.69, 9.17) is 4.74 Å². The van der Waals surface area contributed by atoms with Gasteiger partial charge in [0.1, 0.15) is 5.75 Å². The summed E-state index contributed by atoms with van der Waals surface area (Å²) in [4.78, 5) is 23.0. The molecule has 1 amide bonds. The number of rotatable bonds is 7. The molecule has 0 aliphatic rings. The zero-order valence-electron chi connectivity index (χ0n) is 18.7.